The number of hydrogen-bond acceptors (Lipinski definition) is 10. The van der Waals surface area contributed by atoms with E-state index in [1.165, 1.54) is 76.1 Å². The number of fused-ring (bicyclic) bond motifs is 18. The molecule has 0 bridgehead atoms. The van der Waals surface area contributed by atoms with Gasteiger partial charge in [0.05, 0.1) is 89.5 Å². The average Bonchev–Trinajstić information content (AvgIpc) is 1.53. The van der Waals surface area contributed by atoms with Crippen LogP contribution in [0.25, 0.3) is 256 Å². The number of para-hydroxylation sites is 8. The van der Waals surface area contributed by atoms with Gasteiger partial charge >= 0.3 is 0 Å². The zero-order valence-corrected chi connectivity index (χ0v) is 79.5. The Morgan fingerprint density at radius 3 is 0.689 bits per heavy atom. The summed E-state index contributed by atoms with van der Waals surface area (Å²) in [5.74, 6) is 4.19. The molecule has 0 unspecified atom stereocenters. The molecule has 0 aliphatic carbocycles. The van der Waals surface area contributed by atoms with Crippen molar-refractivity contribution in [2.75, 3.05) is 0 Å². The van der Waals surface area contributed by atoms with Gasteiger partial charge in [0.25, 0.3) is 0 Å². The molecule has 0 saturated heterocycles. The van der Waals surface area contributed by atoms with Crippen LogP contribution in [0.4, 0.5) is 0 Å². The fourth-order valence-corrected chi connectivity index (χ4v) is 21.4. The number of rotatable bonds is 14. The first-order chi connectivity index (χ1) is 73.3. The van der Waals surface area contributed by atoms with E-state index >= 15 is 0 Å². The van der Waals surface area contributed by atoms with Gasteiger partial charge in [0.15, 0.2) is 40.8 Å². The standard InChI is InChI=1S/2C46H28N6.C40H26N4/c47-29-30-23-24-41-37(25-30)39-27-38-36-21-10-11-22-40(36)51(34-18-8-3-9-19-34)42(38)28-43(39)52(41)35-20-12-17-33(26-35)46-49-44(31-13-4-1-5-14-31)48-45(50-46)32-15-6-2-7-16-32;47-29-30-13-11-16-32(25-30)45-48-44(31-14-3-1-4-15-31)49-46(50-45)33-17-12-20-35(26-33)52-41-24-10-8-22-37(41)39-27-38-36-21-7-9-23-40(36)51(42(38)28-43(39)52)34-18-5-2-6-19-34;1-3-12-27(13-4-1)40-41-25-29(26-42-40)28-14-11-17-31(22-28)44-37-21-10-8-19-33(37)35-23-34-32-18-7-9-20-36(32)43(38(34)24-39(35)44)30-15-5-2-6-16-30/h2*1-28H;1-26H. The Hall–Kier alpha value is -20.7. The van der Waals surface area contributed by atoms with E-state index in [2.05, 4.69) is 355 Å². The molecule has 0 saturated carbocycles. The topological polar surface area (TPSA) is 180 Å². The van der Waals surface area contributed by atoms with Gasteiger partial charge in [-0.3, -0.25) is 0 Å². The highest BCUT2D eigenvalue weighted by atomic mass is 15.1. The molecule has 20 aromatic carbocycles. The lowest BCUT2D eigenvalue weighted by molar-refractivity contribution is 1.07. The van der Waals surface area contributed by atoms with Crippen LogP contribution in [-0.2, 0) is 0 Å². The monoisotopic (exact) mass is 1890 g/mol. The van der Waals surface area contributed by atoms with Crippen molar-refractivity contribution in [3.05, 3.63) is 509 Å². The van der Waals surface area contributed by atoms with Crippen LogP contribution in [0.2, 0.25) is 0 Å². The van der Waals surface area contributed by atoms with Crippen LogP contribution in [0.1, 0.15) is 11.1 Å². The van der Waals surface area contributed by atoms with Gasteiger partial charge in [-0.25, -0.2) is 39.9 Å². The Kier molecular flexibility index (Phi) is 21.3. The molecule has 0 amide bonds. The first-order valence-corrected chi connectivity index (χ1v) is 49.2. The van der Waals surface area contributed by atoms with Crippen LogP contribution in [0.15, 0.2) is 498 Å². The van der Waals surface area contributed by atoms with E-state index in [9.17, 15) is 10.5 Å². The Morgan fingerprint density at radius 1 is 0.142 bits per heavy atom. The second-order valence-corrected chi connectivity index (χ2v) is 36.8. The zero-order valence-electron chi connectivity index (χ0n) is 79.5. The van der Waals surface area contributed by atoms with Gasteiger partial charge in [0.2, 0.25) is 0 Å². The molecule has 29 aromatic rings. The van der Waals surface area contributed by atoms with Gasteiger partial charge in [-0.05, 0) is 175 Å². The van der Waals surface area contributed by atoms with Gasteiger partial charge in [-0.15, -0.1) is 0 Å². The van der Waals surface area contributed by atoms with E-state index in [4.69, 9.17) is 39.9 Å². The molecule has 0 atom stereocenters. The van der Waals surface area contributed by atoms with E-state index in [0.717, 1.165) is 145 Å². The van der Waals surface area contributed by atoms with Crippen LogP contribution in [0.5, 0.6) is 0 Å². The van der Waals surface area contributed by atoms with Gasteiger partial charge < -0.3 is 27.4 Å². The predicted molar refractivity (Wildman–Crippen MR) is 601 cm³/mol. The molecule has 0 N–H and O–H groups in total. The molecule has 9 heterocycles. The average molecular weight is 1890 g/mol. The third-order valence-electron chi connectivity index (χ3n) is 28.1. The van der Waals surface area contributed by atoms with Crippen molar-refractivity contribution in [1.82, 2.24) is 67.3 Å². The van der Waals surface area contributed by atoms with E-state index < -0.39 is 0 Å². The Bertz CT molecular complexity index is 10300. The van der Waals surface area contributed by atoms with Crippen LogP contribution in [-0.4, -0.2) is 67.3 Å². The summed E-state index contributed by atoms with van der Waals surface area (Å²) in [5, 5.41) is 33.8. The van der Waals surface area contributed by atoms with Crippen molar-refractivity contribution in [3.8, 4) is 137 Å². The summed E-state index contributed by atoms with van der Waals surface area (Å²) >= 11 is 0. The molecule has 0 aliphatic heterocycles. The van der Waals surface area contributed by atoms with Crippen LogP contribution >= 0.6 is 0 Å². The molecule has 0 aliphatic rings. The van der Waals surface area contributed by atoms with E-state index in [1.807, 2.05) is 176 Å². The largest absolute Gasteiger partial charge is 0.309 e. The minimum atomic E-state index is 0.513. The van der Waals surface area contributed by atoms with Crippen molar-refractivity contribution in [1.29, 1.82) is 10.5 Å². The quantitative estimate of drug-likeness (QED) is 0.102. The van der Waals surface area contributed by atoms with Crippen molar-refractivity contribution in [2.24, 2.45) is 0 Å². The third kappa shape index (κ3) is 15.2. The van der Waals surface area contributed by atoms with Crippen LogP contribution < -0.4 is 0 Å². The van der Waals surface area contributed by atoms with Gasteiger partial charge in [0.1, 0.15) is 0 Å². The second-order valence-electron chi connectivity index (χ2n) is 36.8. The highest BCUT2D eigenvalue weighted by Crippen LogP contribution is 2.46. The molecule has 16 nitrogen and oxygen atoms in total. The molecule has 0 spiro atoms. The number of aromatic nitrogens is 14. The highest BCUT2D eigenvalue weighted by molar-refractivity contribution is 6.23. The van der Waals surface area contributed by atoms with Crippen molar-refractivity contribution in [2.45, 2.75) is 0 Å². The van der Waals surface area contributed by atoms with E-state index in [0.29, 0.717) is 46.1 Å². The maximum atomic E-state index is 9.93. The second kappa shape index (κ2) is 36.4. The highest BCUT2D eigenvalue weighted by Gasteiger charge is 2.26. The number of hydrogen-bond donors (Lipinski definition) is 0. The van der Waals surface area contributed by atoms with Crippen LogP contribution in [0.3, 0.4) is 0 Å². The van der Waals surface area contributed by atoms with Gasteiger partial charge in [-0.1, -0.05) is 315 Å². The summed E-state index contributed by atoms with van der Waals surface area (Å²) in [4.78, 5) is 39.1. The summed E-state index contributed by atoms with van der Waals surface area (Å²) in [7, 11) is 0. The molecule has 148 heavy (non-hydrogen) atoms. The molecular weight excluding hydrogens is 1810 g/mol. The lowest BCUT2D eigenvalue weighted by Gasteiger charge is -2.12. The van der Waals surface area contributed by atoms with Gasteiger partial charge in [-0.2, -0.15) is 10.5 Å². The predicted octanol–water partition coefficient (Wildman–Crippen LogP) is 31.9. The molecule has 0 fully saturated rings. The minimum absolute atomic E-state index is 0.513. The molecule has 29 rings (SSSR count). The fraction of sp³-hybridized carbons (Fsp3) is 0. The van der Waals surface area contributed by atoms with E-state index in [-0.39, 0.29) is 0 Å². The Labute approximate surface area is 848 Å². The van der Waals surface area contributed by atoms with Gasteiger partial charge in [0, 0.05) is 156 Å². The number of nitriles is 2. The maximum Gasteiger partial charge on any atom is 0.164 e. The lowest BCUT2D eigenvalue weighted by atomic mass is 10.1. The summed E-state index contributed by atoms with van der Waals surface area (Å²) in [6.07, 6.45) is 3.84. The molecule has 0 radical (unpaired) electrons. The summed E-state index contributed by atoms with van der Waals surface area (Å²) in [5.41, 5.74) is 29.5. The first kappa shape index (κ1) is 86.4. The number of benzene rings is 20. The third-order valence-corrected chi connectivity index (χ3v) is 28.1. The lowest BCUT2D eigenvalue weighted by Crippen LogP contribution is -2.01. The van der Waals surface area contributed by atoms with Crippen molar-refractivity contribution >= 4 is 131 Å². The summed E-state index contributed by atoms with van der Waals surface area (Å²) in [6.45, 7) is 0. The molecule has 9 aromatic heterocycles. The SMILES string of the molecule is N#Cc1ccc2c(c1)c1cc3c4ccccc4n(-c4ccccc4)c3cc1n2-c1cccc(-c2nc(-c3ccccc3)nc(-c3ccccc3)n2)c1.N#Cc1cccc(-c2nc(-c3ccccc3)nc(-c3cccc(-n4c5ccccc5c5cc6c7ccccc7n(-c7ccccc7)c6cc54)c3)n2)c1.c1ccc(-c2ncc(-c3cccc(-n4c5ccccc5c5cc6c7ccccc7n(-c7ccccc7)c6cc54)c3)cn2)cc1. The minimum Gasteiger partial charge on any atom is -0.309 e. The summed E-state index contributed by atoms with van der Waals surface area (Å²) < 4.78 is 14.1. The van der Waals surface area contributed by atoms with Crippen LogP contribution in [0, 0.1) is 22.7 Å². The molecule has 690 valence electrons. The zero-order chi connectivity index (χ0) is 98.2. The summed E-state index contributed by atoms with van der Waals surface area (Å²) in [6, 6.07) is 172. The Balaban J connectivity index is 0.000000110. The smallest absolute Gasteiger partial charge is 0.164 e. The molecule has 16 heteroatoms. The van der Waals surface area contributed by atoms with Crippen molar-refractivity contribution in [3.63, 3.8) is 0 Å². The van der Waals surface area contributed by atoms with E-state index in [1.54, 1.807) is 6.07 Å². The Morgan fingerprint density at radius 2 is 0.365 bits per heavy atom. The van der Waals surface area contributed by atoms with Crippen molar-refractivity contribution < 1.29 is 0 Å². The normalized spacial score (nSPS) is 11.5. The maximum absolute atomic E-state index is 9.93. The first-order valence-electron chi connectivity index (χ1n) is 49.2. The number of nitrogens with zero attached hydrogens (tertiary/aromatic N) is 16. The molecular formula is C132H82N16. The fourth-order valence-electron chi connectivity index (χ4n) is 21.4.